The molecule has 0 spiro atoms. The van der Waals surface area contributed by atoms with Crippen molar-refractivity contribution in [1.29, 1.82) is 0 Å². The Labute approximate surface area is 812 Å². The third kappa shape index (κ3) is 22.6. The van der Waals surface area contributed by atoms with Gasteiger partial charge in [0.1, 0.15) is 0 Å². The van der Waals surface area contributed by atoms with Gasteiger partial charge in [0.25, 0.3) is 29.5 Å². The number of benzene rings is 12. The maximum absolute atomic E-state index is 13.8. The first-order chi connectivity index (χ1) is 68.0. The minimum absolute atomic E-state index is 0.0372. The summed E-state index contributed by atoms with van der Waals surface area (Å²) >= 11 is 3.35. The Kier molecular flexibility index (Phi) is 28.1. The average molecular weight is 1970 g/mol. The second kappa shape index (κ2) is 41.5. The lowest BCUT2D eigenvalue weighted by atomic mass is 9.84. The van der Waals surface area contributed by atoms with E-state index in [1.54, 1.807) is 102 Å². The molecule has 1 aliphatic carbocycles. The summed E-state index contributed by atoms with van der Waals surface area (Å²) in [6.45, 7) is 5.04. The number of nitrogens with zero attached hydrogens (tertiary/aromatic N) is 11. The van der Waals surface area contributed by atoms with E-state index in [1.807, 2.05) is 130 Å². The van der Waals surface area contributed by atoms with E-state index >= 15 is 0 Å². The van der Waals surface area contributed by atoms with E-state index in [1.165, 1.54) is 124 Å². The quantitative estimate of drug-likeness (QED) is 0.0546. The van der Waals surface area contributed by atoms with Crippen molar-refractivity contribution in [2.75, 3.05) is 14.1 Å². The molecule has 0 aliphatic heterocycles. The number of thiophene rings is 2. The van der Waals surface area contributed by atoms with Crippen LogP contribution in [0.3, 0.4) is 0 Å². The van der Waals surface area contributed by atoms with Crippen LogP contribution in [0, 0.1) is 13.8 Å². The molecule has 21 aromatic rings. The molecule has 34 heteroatoms. The third-order valence-corrected chi connectivity index (χ3v) is 27.3. The lowest BCUT2D eigenvalue weighted by molar-refractivity contribution is -0.137. The van der Waals surface area contributed by atoms with Crippen molar-refractivity contribution in [1.82, 2.24) is 65.6 Å². The van der Waals surface area contributed by atoms with Crippen LogP contribution >= 0.6 is 22.7 Å². The fraction of sp³-hybridized carbons (Fsp3) is 0.121. The second-order valence-electron chi connectivity index (χ2n) is 33.3. The summed E-state index contributed by atoms with van der Waals surface area (Å²) in [5, 5.41) is 32.5. The number of rotatable bonds is 19. The first-order valence-electron chi connectivity index (χ1n) is 44.3. The van der Waals surface area contributed by atoms with Crippen LogP contribution in [0.1, 0.15) is 70.0 Å². The van der Waals surface area contributed by atoms with Gasteiger partial charge < -0.3 is 37.5 Å². The highest BCUT2D eigenvalue weighted by Crippen LogP contribution is 2.45. The molecular formula is C107H85F6N15O9S4. The van der Waals surface area contributed by atoms with Gasteiger partial charge in [-0.15, -0.1) is 22.7 Å². The molecule has 141 heavy (non-hydrogen) atoms. The third-order valence-electron chi connectivity index (χ3n) is 23.3. The largest absolute Gasteiger partial charge is 0.417 e. The number of nitrogens with two attached hydrogens (primary N) is 2. The van der Waals surface area contributed by atoms with Gasteiger partial charge in [0.15, 0.2) is 0 Å². The zero-order valence-corrected chi connectivity index (χ0v) is 78.9. The van der Waals surface area contributed by atoms with E-state index < -0.39 is 43.5 Å². The maximum atomic E-state index is 13.8. The van der Waals surface area contributed by atoms with Gasteiger partial charge in [-0.05, 0) is 236 Å². The Balaban J connectivity index is 0.000000117. The lowest BCUT2D eigenvalue weighted by Gasteiger charge is -2.21. The number of primary sulfonamides is 2. The number of hydrogen-bond acceptors (Lipinski definition) is 22. The molecule has 0 bridgehead atoms. The molecule has 0 unspecified atom stereocenters. The van der Waals surface area contributed by atoms with Crippen molar-refractivity contribution in [2.45, 2.75) is 80.6 Å². The van der Waals surface area contributed by atoms with Crippen LogP contribution < -0.4 is 10.3 Å². The van der Waals surface area contributed by atoms with Crippen molar-refractivity contribution in [3.63, 3.8) is 0 Å². The molecule has 9 heterocycles. The van der Waals surface area contributed by atoms with E-state index in [0.29, 0.717) is 69.1 Å². The molecule has 24 nitrogen and oxygen atoms in total. The van der Waals surface area contributed by atoms with Gasteiger partial charge >= 0.3 is 12.4 Å². The van der Waals surface area contributed by atoms with Crippen LogP contribution in [0.15, 0.2) is 360 Å². The van der Waals surface area contributed by atoms with E-state index in [9.17, 15) is 43.2 Å². The summed E-state index contributed by atoms with van der Waals surface area (Å²) < 4.78 is 155. The topological polar surface area (TPSA) is 350 Å². The number of sulfonamides is 2. The van der Waals surface area contributed by atoms with Crippen LogP contribution in [0.25, 0.3) is 179 Å². The average Bonchev–Trinajstić information content (AvgIpc) is 1.75. The van der Waals surface area contributed by atoms with Crippen LogP contribution in [0.2, 0.25) is 0 Å². The first kappa shape index (κ1) is 95.5. The van der Waals surface area contributed by atoms with Gasteiger partial charge in [-0.1, -0.05) is 227 Å². The molecular weight excluding hydrogens is 1880 g/mol. The van der Waals surface area contributed by atoms with E-state index in [4.69, 9.17) is 32.9 Å². The fourth-order valence-corrected chi connectivity index (χ4v) is 19.3. The van der Waals surface area contributed by atoms with E-state index in [2.05, 4.69) is 146 Å². The standard InChI is InChI=1S/C24H20F3N3O.C21H14F3N3O3S.2C21H15N3OS.C20H21N3O3S/c1-30(2)15-16-8-10-18(11-9-16)22-28-23(31-29-22)19-12-13-20(17-6-4-3-5-7-17)21(14-19)24(25,26)27;22-21(23,24)18-12-15(8-11-17(18)13-4-2-1-3-5-13)20-26-19(27-30-20)14-6-9-16(10-7-14)31(25,28)29;1-13-17(14-6-3-2-4-7-14)12-19(26-13)21-23-20(24-25-21)16-8-5-9-18-15(16)10-11-22-18;1-13-17(14-5-3-2-4-6-14)12-19(26-13)21-23-20(24-25-21)16-7-8-18-15(11-16)9-10-22-18;21-27(24,25)18-12-10-16(11-13-18)19-22-20(26-23-19)17-8-6-15(7-9-17)14-4-2-1-3-5-14/h3-14H,15H2,1-2H3;1-12H,(H2,25,28,29);2*2-12,22H,1H3;6-14H,1-5H2,(H2,21,24,25). The monoisotopic (exact) mass is 1970 g/mol. The SMILES string of the molecule is CN(C)Cc1ccc(-c2noc(-c3ccc(-c4ccccc4)c(C(F)(F)F)c3)n2)cc1.Cc1sc(-c2nc(-c3ccc4[nH]ccc4c3)no2)cc1-c1ccccc1.Cc1sc(-c2nc(-c3cccc4[nH]ccc34)no2)cc1-c1ccccc1.NS(=O)(=O)c1ccc(-c2noc(-c3ccc(-c4ccccc4)c(C(F)(F)F)c3)n2)cc1.NS(=O)(=O)c1ccc(-c2noc(-c3ccc(C4CCCCC4)cc3)n2)cc1. The Morgan fingerprint density at radius 3 is 1.18 bits per heavy atom. The maximum Gasteiger partial charge on any atom is 0.417 e. The van der Waals surface area contributed by atoms with Gasteiger partial charge in [-0.3, -0.25) is 0 Å². The van der Waals surface area contributed by atoms with Crippen molar-refractivity contribution < 1.29 is 65.8 Å². The zero-order chi connectivity index (χ0) is 98.1. The number of aromatic amines is 2. The number of aromatic nitrogens is 12. The molecule has 708 valence electrons. The molecule has 6 N–H and O–H groups in total. The van der Waals surface area contributed by atoms with Gasteiger partial charge in [-0.25, -0.2) is 27.1 Å². The number of alkyl halides is 6. The van der Waals surface area contributed by atoms with Gasteiger partial charge in [-0.2, -0.15) is 51.3 Å². The minimum atomic E-state index is -4.59. The molecule has 1 saturated carbocycles. The van der Waals surface area contributed by atoms with Gasteiger partial charge in [0, 0.05) is 95.0 Å². The second-order valence-corrected chi connectivity index (χ2v) is 38.9. The van der Waals surface area contributed by atoms with Crippen molar-refractivity contribution in [3.8, 4) is 157 Å². The lowest BCUT2D eigenvalue weighted by Crippen LogP contribution is -2.11. The number of nitrogens with one attached hydrogen (secondary N) is 2. The fourth-order valence-electron chi connectivity index (χ4n) is 16.3. The Morgan fingerprint density at radius 2 is 0.730 bits per heavy atom. The summed E-state index contributed by atoms with van der Waals surface area (Å²) in [4.78, 5) is 35.0. The molecule has 22 rings (SSSR count). The molecule has 1 fully saturated rings. The molecule has 0 atom stereocenters. The molecule has 0 amide bonds. The van der Waals surface area contributed by atoms with E-state index in [-0.39, 0.29) is 49.7 Å². The highest BCUT2D eigenvalue weighted by atomic mass is 32.2. The van der Waals surface area contributed by atoms with Crippen LogP contribution in [0.4, 0.5) is 26.3 Å². The Hall–Kier alpha value is -15.8. The van der Waals surface area contributed by atoms with Crippen molar-refractivity contribution in [3.05, 3.63) is 360 Å². The van der Waals surface area contributed by atoms with Crippen LogP contribution in [-0.2, 0) is 38.9 Å². The number of aryl methyl sites for hydroxylation is 2. The normalized spacial score (nSPS) is 12.4. The van der Waals surface area contributed by atoms with Crippen LogP contribution in [-0.4, -0.2) is 96.5 Å². The van der Waals surface area contributed by atoms with Crippen LogP contribution in [0.5, 0.6) is 0 Å². The number of H-pyrrole nitrogens is 2. The van der Waals surface area contributed by atoms with E-state index in [0.717, 1.165) is 78.1 Å². The highest BCUT2D eigenvalue weighted by Gasteiger charge is 2.37. The Morgan fingerprint density at radius 1 is 0.355 bits per heavy atom. The minimum Gasteiger partial charge on any atom is -0.361 e. The van der Waals surface area contributed by atoms with Gasteiger partial charge in [0.05, 0.1) is 30.7 Å². The van der Waals surface area contributed by atoms with Crippen molar-refractivity contribution >= 4 is 64.5 Å². The molecule has 0 saturated heterocycles. The number of fused-ring (bicyclic) bond motifs is 2. The molecule has 0 radical (unpaired) electrons. The highest BCUT2D eigenvalue weighted by molar-refractivity contribution is 7.89. The summed E-state index contributed by atoms with van der Waals surface area (Å²) in [6.07, 6.45) is 1.22. The first-order valence-corrected chi connectivity index (χ1v) is 49.0. The molecule has 1 aliphatic rings. The predicted molar refractivity (Wildman–Crippen MR) is 533 cm³/mol. The summed E-state index contributed by atoms with van der Waals surface area (Å²) in [5.41, 5.74) is 13.9. The Bertz CT molecular complexity index is 8140. The van der Waals surface area contributed by atoms with Crippen molar-refractivity contribution in [2.24, 2.45) is 10.3 Å². The molecule has 9 aromatic heterocycles. The summed E-state index contributed by atoms with van der Waals surface area (Å²) in [5.74, 6) is 4.19. The number of hydrogen-bond donors (Lipinski definition) is 4. The zero-order valence-electron chi connectivity index (χ0n) is 75.6. The number of halogens is 6. The summed E-state index contributed by atoms with van der Waals surface area (Å²) in [6, 6.07) is 93.2. The molecule has 12 aromatic carbocycles. The predicted octanol–water partition coefficient (Wildman–Crippen LogP) is 26.8. The smallest absolute Gasteiger partial charge is 0.361 e. The van der Waals surface area contributed by atoms with Gasteiger partial charge in [0.2, 0.25) is 49.2 Å². The summed E-state index contributed by atoms with van der Waals surface area (Å²) in [7, 11) is -3.61.